The van der Waals surface area contributed by atoms with Crippen molar-refractivity contribution in [2.75, 3.05) is 14.2 Å². The number of likely N-dealkylation sites (N-methyl/N-ethyl adjacent to an activating group) is 1. The van der Waals surface area contributed by atoms with Crippen LogP contribution in [0.4, 0.5) is 0 Å². The Morgan fingerprint density at radius 2 is 1.88 bits per heavy atom. The number of benzene rings is 1. The van der Waals surface area contributed by atoms with Crippen molar-refractivity contribution in [1.82, 2.24) is 21.3 Å². The van der Waals surface area contributed by atoms with Crippen molar-refractivity contribution < 1.29 is 24.2 Å². The van der Waals surface area contributed by atoms with Gasteiger partial charge >= 0.3 is 0 Å². The van der Waals surface area contributed by atoms with Crippen LogP contribution in [0.3, 0.4) is 0 Å². The average Bonchev–Trinajstić information content (AvgIpc) is 2.82. The molecule has 0 saturated carbocycles. The highest BCUT2D eigenvalue weighted by molar-refractivity contribution is 5.94. The number of hydrogen-bond acceptors (Lipinski definition) is 6. The number of methoxy groups -OCH3 is 1. The first kappa shape index (κ1) is 27.3. The van der Waals surface area contributed by atoms with E-state index in [0.717, 1.165) is 11.1 Å². The highest BCUT2D eigenvalue weighted by atomic mass is 16.5. The van der Waals surface area contributed by atoms with E-state index in [1.165, 1.54) is 13.1 Å². The molecule has 34 heavy (non-hydrogen) atoms. The molecule has 0 fully saturated rings. The summed E-state index contributed by atoms with van der Waals surface area (Å²) in [5.74, 6) is -0.992. The normalized spacial score (nSPS) is 24.6. The number of hydrogen-bond donors (Lipinski definition) is 5. The summed E-state index contributed by atoms with van der Waals surface area (Å²) in [5.41, 5.74) is 0.102. The fourth-order valence-electron chi connectivity index (χ4n) is 3.81. The molecule has 1 aromatic rings. The number of carbonyl (C=O) groups excluding carboxylic acids is 3. The lowest BCUT2D eigenvalue weighted by atomic mass is 9.91. The zero-order chi connectivity index (χ0) is 25.5. The van der Waals surface area contributed by atoms with Crippen LogP contribution in [0.2, 0.25) is 0 Å². The fraction of sp³-hybridized carbons (Fsp3) is 0.560. The Kier molecular flexibility index (Phi) is 9.64. The zero-order valence-corrected chi connectivity index (χ0v) is 20.9. The maximum atomic E-state index is 13.3. The summed E-state index contributed by atoms with van der Waals surface area (Å²) in [6.07, 6.45) is 4.38. The van der Waals surface area contributed by atoms with Crippen LogP contribution in [0, 0.1) is 5.92 Å². The second-order valence-electron chi connectivity index (χ2n) is 8.98. The van der Waals surface area contributed by atoms with Gasteiger partial charge in [0.25, 0.3) is 0 Å². The van der Waals surface area contributed by atoms with Gasteiger partial charge in [-0.1, -0.05) is 33.3 Å². The summed E-state index contributed by atoms with van der Waals surface area (Å²) in [4.78, 5) is 39.5. The van der Waals surface area contributed by atoms with Crippen LogP contribution in [0.5, 0.6) is 5.75 Å². The second-order valence-corrected chi connectivity index (χ2v) is 8.98. The van der Waals surface area contributed by atoms with Crippen molar-refractivity contribution in [2.24, 2.45) is 5.92 Å². The van der Waals surface area contributed by atoms with E-state index in [4.69, 9.17) is 4.74 Å². The maximum Gasteiger partial charge on any atom is 0.249 e. The SMILES string of the molecule is CC[C@H](C)[C@H]1NC(=O)[C@H](NC)Cc2cc(ccc2OC)C=CNC(=O)[C@H]([C@@](C)(O)CC)NC1=O. The number of ether oxygens (including phenoxy) is 1. The molecule has 1 heterocycles. The van der Waals surface area contributed by atoms with E-state index in [9.17, 15) is 19.5 Å². The van der Waals surface area contributed by atoms with Crippen LogP contribution in [-0.4, -0.2) is 60.7 Å². The molecule has 1 aliphatic heterocycles. The third-order valence-corrected chi connectivity index (χ3v) is 6.57. The van der Waals surface area contributed by atoms with Crippen LogP contribution in [0.1, 0.15) is 51.7 Å². The van der Waals surface area contributed by atoms with E-state index in [0.29, 0.717) is 18.6 Å². The quantitative estimate of drug-likeness (QED) is 0.420. The molecule has 5 N–H and O–H groups in total. The first-order valence-corrected chi connectivity index (χ1v) is 11.7. The summed E-state index contributed by atoms with van der Waals surface area (Å²) in [6.45, 7) is 7.01. The van der Waals surface area contributed by atoms with Gasteiger partial charge in [0, 0.05) is 12.6 Å². The van der Waals surface area contributed by atoms with Crippen molar-refractivity contribution in [2.45, 2.75) is 70.7 Å². The molecule has 0 spiro atoms. The number of fused-ring (bicyclic) bond motifs is 2. The summed E-state index contributed by atoms with van der Waals surface area (Å²) in [7, 11) is 3.25. The number of aliphatic hydroxyl groups is 1. The van der Waals surface area contributed by atoms with Crippen molar-refractivity contribution in [3.8, 4) is 5.75 Å². The van der Waals surface area contributed by atoms with Crippen LogP contribution < -0.4 is 26.0 Å². The third-order valence-electron chi connectivity index (χ3n) is 6.57. The van der Waals surface area contributed by atoms with Crippen molar-refractivity contribution in [1.29, 1.82) is 0 Å². The predicted molar refractivity (Wildman–Crippen MR) is 131 cm³/mol. The van der Waals surface area contributed by atoms with Crippen LogP contribution in [0.15, 0.2) is 24.4 Å². The van der Waals surface area contributed by atoms with E-state index in [1.807, 2.05) is 26.0 Å². The lowest BCUT2D eigenvalue weighted by molar-refractivity contribution is -0.138. The molecule has 9 heteroatoms. The lowest BCUT2D eigenvalue weighted by Crippen LogP contribution is -2.63. The maximum absolute atomic E-state index is 13.3. The van der Waals surface area contributed by atoms with Crippen LogP contribution in [0.25, 0.3) is 6.08 Å². The van der Waals surface area contributed by atoms with E-state index < -0.39 is 35.5 Å². The molecule has 3 amide bonds. The summed E-state index contributed by atoms with van der Waals surface area (Å²) in [5, 5.41) is 22.1. The largest absolute Gasteiger partial charge is 0.496 e. The third kappa shape index (κ3) is 6.57. The van der Waals surface area contributed by atoms with Gasteiger partial charge in [-0.05, 0) is 55.6 Å². The molecule has 2 rings (SSSR count). The average molecular weight is 475 g/mol. The number of carbonyl (C=O) groups is 3. The highest BCUT2D eigenvalue weighted by Gasteiger charge is 2.39. The van der Waals surface area contributed by atoms with Crippen LogP contribution >= 0.6 is 0 Å². The Hall–Kier alpha value is -2.91. The number of rotatable bonds is 6. The molecule has 5 atom stereocenters. The second kappa shape index (κ2) is 12.0. The summed E-state index contributed by atoms with van der Waals surface area (Å²) in [6, 6.07) is 2.80. The Labute approximate surface area is 201 Å². The molecule has 9 nitrogen and oxygen atoms in total. The first-order valence-electron chi connectivity index (χ1n) is 11.7. The standard InChI is InChI=1S/C25H38N4O5/c1-7-15(3)20-23(31)29-21(25(4,33)8-2)24(32)27-12-11-16-9-10-19(34-6)17(13-16)14-18(26-5)22(30)28-20/h9-13,15,18,20-21,26,33H,7-8,14H2,1-6H3,(H,27,32)(H,28,30)(H,29,31)/t15-,18+,20+,21+,25-/m0/s1. The van der Waals surface area contributed by atoms with Gasteiger partial charge in [-0.3, -0.25) is 14.4 Å². The molecular weight excluding hydrogens is 436 g/mol. The van der Waals surface area contributed by atoms with Gasteiger partial charge < -0.3 is 31.1 Å². The Morgan fingerprint density at radius 1 is 1.18 bits per heavy atom. The Balaban J connectivity index is 2.56. The van der Waals surface area contributed by atoms with Gasteiger partial charge in [0.1, 0.15) is 17.8 Å². The van der Waals surface area contributed by atoms with Crippen LogP contribution in [-0.2, 0) is 20.8 Å². The minimum Gasteiger partial charge on any atom is -0.496 e. The van der Waals surface area contributed by atoms with Crippen molar-refractivity contribution >= 4 is 23.8 Å². The smallest absolute Gasteiger partial charge is 0.249 e. The monoisotopic (exact) mass is 474 g/mol. The van der Waals surface area contributed by atoms with Crippen molar-refractivity contribution in [3.63, 3.8) is 0 Å². The molecule has 0 unspecified atom stereocenters. The van der Waals surface area contributed by atoms with Gasteiger partial charge in [-0.15, -0.1) is 0 Å². The molecule has 0 aromatic heterocycles. The topological polar surface area (TPSA) is 129 Å². The molecular formula is C25H38N4O5. The lowest BCUT2D eigenvalue weighted by Gasteiger charge is -2.33. The Morgan fingerprint density at radius 3 is 2.47 bits per heavy atom. The molecule has 0 radical (unpaired) electrons. The number of nitrogens with one attached hydrogen (secondary N) is 4. The molecule has 0 aliphatic carbocycles. The fourth-order valence-corrected chi connectivity index (χ4v) is 3.81. The number of amides is 3. The van der Waals surface area contributed by atoms with Crippen molar-refractivity contribution in [3.05, 3.63) is 35.5 Å². The Bertz CT molecular complexity index is 915. The molecule has 188 valence electrons. The molecule has 1 aromatic carbocycles. The predicted octanol–water partition coefficient (Wildman–Crippen LogP) is 1.10. The minimum atomic E-state index is -1.49. The van der Waals surface area contributed by atoms with E-state index in [1.54, 1.807) is 33.2 Å². The molecule has 0 saturated heterocycles. The molecule has 1 aliphatic rings. The summed E-state index contributed by atoms with van der Waals surface area (Å²) < 4.78 is 5.47. The van der Waals surface area contributed by atoms with Gasteiger partial charge in [-0.2, -0.15) is 0 Å². The highest BCUT2D eigenvalue weighted by Crippen LogP contribution is 2.23. The van der Waals surface area contributed by atoms with E-state index in [2.05, 4.69) is 21.3 Å². The van der Waals surface area contributed by atoms with E-state index in [-0.39, 0.29) is 18.2 Å². The van der Waals surface area contributed by atoms with Gasteiger partial charge in [0.15, 0.2) is 0 Å². The first-order chi connectivity index (χ1) is 16.1. The van der Waals surface area contributed by atoms with Gasteiger partial charge in [-0.25, -0.2) is 0 Å². The minimum absolute atomic E-state index is 0.204. The van der Waals surface area contributed by atoms with E-state index >= 15 is 0 Å². The zero-order valence-electron chi connectivity index (χ0n) is 20.9. The van der Waals surface area contributed by atoms with Gasteiger partial charge in [0.05, 0.1) is 18.8 Å². The summed E-state index contributed by atoms with van der Waals surface area (Å²) >= 11 is 0. The van der Waals surface area contributed by atoms with Gasteiger partial charge in [0.2, 0.25) is 17.7 Å². The molecule has 2 bridgehead atoms.